The third-order valence-electron chi connectivity index (χ3n) is 5.44. The summed E-state index contributed by atoms with van der Waals surface area (Å²) in [6, 6.07) is 12.6. The van der Waals surface area contributed by atoms with Crippen molar-refractivity contribution in [3.63, 3.8) is 0 Å². The van der Waals surface area contributed by atoms with Gasteiger partial charge in [-0.25, -0.2) is 9.78 Å². The first-order valence-electron chi connectivity index (χ1n) is 9.96. The van der Waals surface area contributed by atoms with Crippen LogP contribution in [0.25, 0.3) is 22.4 Å². The molecule has 1 aliphatic rings. The first kappa shape index (κ1) is 19.2. The highest BCUT2D eigenvalue weighted by Crippen LogP contribution is 2.26. The van der Waals surface area contributed by atoms with Gasteiger partial charge in [-0.15, -0.1) is 0 Å². The van der Waals surface area contributed by atoms with Crippen LogP contribution in [0.4, 0.5) is 0 Å². The molecular weight excluding hydrogens is 368 g/mol. The molecule has 3 heterocycles. The Morgan fingerprint density at radius 1 is 1.17 bits per heavy atom. The van der Waals surface area contributed by atoms with Crippen LogP contribution in [0.3, 0.4) is 0 Å². The largest absolute Gasteiger partial charge is 0.463 e. The van der Waals surface area contributed by atoms with Crippen molar-refractivity contribution < 1.29 is 18.7 Å². The van der Waals surface area contributed by atoms with Crippen LogP contribution in [0.5, 0.6) is 0 Å². The molecule has 1 aliphatic heterocycles. The Hall–Kier alpha value is -3.15. The average molecular weight is 392 g/mol. The molecular formula is C23H24N2O4. The smallest absolute Gasteiger partial charge is 0.339 e. The van der Waals surface area contributed by atoms with E-state index < -0.39 is 12.1 Å². The van der Waals surface area contributed by atoms with Crippen molar-refractivity contribution in [3.8, 4) is 11.5 Å². The lowest BCUT2D eigenvalue weighted by Gasteiger charge is -2.31. The van der Waals surface area contributed by atoms with Gasteiger partial charge < -0.3 is 14.1 Å². The Balaban J connectivity index is 1.58. The molecule has 1 amide bonds. The Morgan fingerprint density at radius 2 is 1.93 bits per heavy atom. The molecule has 4 rings (SSSR count). The lowest BCUT2D eigenvalue weighted by atomic mass is 9.99. The topological polar surface area (TPSA) is 72.6 Å². The van der Waals surface area contributed by atoms with Gasteiger partial charge in [0.1, 0.15) is 5.69 Å². The second-order valence-corrected chi connectivity index (χ2v) is 7.60. The van der Waals surface area contributed by atoms with Crippen molar-refractivity contribution in [2.75, 3.05) is 13.1 Å². The number of rotatable bonds is 4. The maximum atomic E-state index is 13.0. The number of carbonyl (C=O) groups is 2. The lowest BCUT2D eigenvalue weighted by Crippen LogP contribution is -2.44. The van der Waals surface area contributed by atoms with E-state index in [9.17, 15) is 9.59 Å². The van der Waals surface area contributed by atoms with Gasteiger partial charge in [-0.3, -0.25) is 4.79 Å². The molecule has 0 aliphatic carbocycles. The zero-order valence-electron chi connectivity index (χ0n) is 16.6. The minimum atomic E-state index is -0.838. The number of piperidine rings is 1. The van der Waals surface area contributed by atoms with Crippen molar-refractivity contribution in [2.45, 2.75) is 32.8 Å². The summed E-state index contributed by atoms with van der Waals surface area (Å²) < 4.78 is 11.0. The van der Waals surface area contributed by atoms with Crippen LogP contribution in [-0.2, 0) is 9.53 Å². The standard InChI is InChI=1S/C23H24N2O4/c1-15-9-11-25(12-10-15)22(26)16(2)29-23(27)18-14-20(21-8-5-13-28-21)24-19-7-4-3-6-17(18)19/h3-8,13-16H,9-12H2,1-2H3/t16-/m0/s1. The number of benzene rings is 1. The number of likely N-dealkylation sites (tertiary alicyclic amines) is 1. The number of pyridine rings is 1. The molecule has 2 aromatic heterocycles. The third kappa shape index (κ3) is 4.01. The molecule has 150 valence electrons. The lowest BCUT2D eigenvalue weighted by molar-refractivity contribution is -0.141. The Labute approximate surface area is 169 Å². The Kier molecular flexibility index (Phi) is 5.34. The van der Waals surface area contributed by atoms with E-state index >= 15 is 0 Å². The van der Waals surface area contributed by atoms with E-state index in [2.05, 4.69) is 11.9 Å². The summed E-state index contributed by atoms with van der Waals surface area (Å²) in [5.41, 5.74) is 1.58. The number of fused-ring (bicyclic) bond motifs is 1. The van der Waals surface area contributed by atoms with E-state index in [1.807, 2.05) is 24.3 Å². The zero-order valence-corrected chi connectivity index (χ0v) is 16.6. The molecule has 3 aromatic rings. The number of hydrogen-bond acceptors (Lipinski definition) is 5. The van der Waals surface area contributed by atoms with Gasteiger partial charge in [-0.1, -0.05) is 25.1 Å². The maximum absolute atomic E-state index is 13.0. The van der Waals surface area contributed by atoms with Gasteiger partial charge in [-0.05, 0) is 49.9 Å². The molecule has 0 spiro atoms. The number of amides is 1. The van der Waals surface area contributed by atoms with Gasteiger partial charge in [0.15, 0.2) is 11.9 Å². The minimum absolute atomic E-state index is 0.144. The fraction of sp³-hybridized carbons (Fsp3) is 0.348. The molecule has 0 N–H and O–H groups in total. The Bertz CT molecular complexity index is 1020. The summed E-state index contributed by atoms with van der Waals surface area (Å²) in [7, 11) is 0. The highest BCUT2D eigenvalue weighted by Gasteiger charge is 2.28. The number of aromatic nitrogens is 1. The van der Waals surface area contributed by atoms with Crippen LogP contribution in [0.15, 0.2) is 53.1 Å². The minimum Gasteiger partial charge on any atom is -0.463 e. The second kappa shape index (κ2) is 8.07. The molecule has 0 radical (unpaired) electrons. The van der Waals surface area contributed by atoms with Crippen LogP contribution < -0.4 is 0 Å². The Morgan fingerprint density at radius 3 is 2.66 bits per heavy atom. The molecule has 0 bridgehead atoms. The molecule has 1 fully saturated rings. The SMILES string of the molecule is CC1CCN(C(=O)[C@H](C)OC(=O)c2cc(-c3ccco3)nc3ccccc23)CC1. The molecule has 0 unspecified atom stereocenters. The number of furan rings is 1. The summed E-state index contributed by atoms with van der Waals surface area (Å²) in [5.74, 6) is 0.508. The normalized spacial score (nSPS) is 16.0. The highest BCUT2D eigenvalue weighted by atomic mass is 16.5. The van der Waals surface area contributed by atoms with E-state index in [0.29, 0.717) is 46.9 Å². The molecule has 6 nitrogen and oxygen atoms in total. The van der Waals surface area contributed by atoms with Crippen LogP contribution in [-0.4, -0.2) is 41.0 Å². The highest BCUT2D eigenvalue weighted by molar-refractivity contribution is 6.05. The predicted molar refractivity (Wildman–Crippen MR) is 109 cm³/mol. The van der Waals surface area contributed by atoms with E-state index in [1.165, 1.54) is 0 Å². The fourth-order valence-corrected chi connectivity index (χ4v) is 3.66. The molecule has 1 saturated heterocycles. The van der Waals surface area contributed by atoms with Crippen molar-refractivity contribution in [1.82, 2.24) is 9.88 Å². The van der Waals surface area contributed by atoms with Crippen molar-refractivity contribution in [2.24, 2.45) is 5.92 Å². The van der Waals surface area contributed by atoms with E-state index in [4.69, 9.17) is 9.15 Å². The number of carbonyl (C=O) groups excluding carboxylic acids is 2. The first-order valence-corrected chi connectivity index (χ1v) is 9.96. The van der Waals surface area contributed by atoms with Crippen molar-refractivity contribution >= 4 is 22.8 Å². The van der Waals surface area contributed by atoms with Crippen LogP contribution >= 0.6 is 0 Å². The third-order valence-corrected chi connectivity index (χ3v) is 5.44. The van der Waals surface area contributed by atoms with Crippen LogP contribution in [0, 0.1) is 5.92 Å². The van der Waals surface area contributed by atoms with Gasteiger partial charge in [0.2, 0.25) is 0 Å². The number of ether oxygens (including phenoxy) is 1. The van der Waals surface area contributed by atoms with Crippen molar-refractivity contribution in [1.29, 1.82) is 0 Å². The molecule has 1 aromatic carbocycles. The van der Waals surface area contributed by atoms with Crippen LogP contribution in [0.1, 0.15) is 37.0 Å². The van der Waals surface area contributed by atoms with Crippen LogP contribution in [0.2, 0.25) is 0 Å². The van der Waals surface area contributed by atoms with E-state index in [1.54, 1.807) is 36.3 Å². The summed E-state index contributed by atoms with van der Waals surface area (Å²) in [6.07, 6.45) is 2.68. The second-order valence-electron chi connectivity index (χ2n) is 7.60. The number of para-hydroxylation sites is 1. The van der Waals surface area contributed by atoms with Gasteiger partial charge >= 0.3 is 5.97 Å². The molecule has 1 atom stereocenters. The maximum Gasteiger partial charge on any atom is 0.339 e. The summed E-state index contributed by atoms with van der Waals surface area (Å²) in [5, 5.41) is 0.680. The summed E-state index contributed by atoms with van der Waals surface area (Å²) >= 11 is 0. The first-order chi connectivity index (χ1) is 14.0. The zero-order chi connectivity index (χ0) is 20.4. The molecule has 29 heavy (non-hydrogen) atoms. The van der Waals surface area contributed by atoms with Gasteiger partial charge in [-0.2, -0.15) is 0 Å². The average Bonchev–Trinajstić information content (AvgIpc) is 3.28. The summed E-state index contributed by atoms with van der Waals surface area (Å²) in [6.45, 7) is 5.25. The number of nitrogens with zero attached hydrogens (tertiary/aromatic N) is 2. The monoisotopic (exact) mass is 392 g/mol. The quantitative estimate of drug-likeness (QED) is 0.619. The van der Waals surface area contributed by atoms with E-state index in [-0.39, 0.29) is 5.91 Å². The number of hydrogen-bond donors (Lipinski definition) is 0. The van der Waals surface area contributed by atoms with E-state index in [0.717, 1.165) is 12.8 Å². The molecule has 0 saturated carbocycles. The van der Waals surface area contributed by atoms with Gasteiger partial charge in [0.05, 0.1) is 17.3 Å². The predicted octanol–water partition coefficient (Wildman–Crippen LogP) is 4.30. The van der Waals surface area contributed by atoms with Gasteiger partial charge in [0, 0.05) is 18.5 Å². The molecule has 6 heteroatoms. The fourth-order valence-electron chi connectivity index (χ4n) is 3.66. The van der Waals surface area contributed by atoms with Crippen molar-refractivity contribution in [3.05, 3.63) is 54.3 Å². The van der Waals surface area contributed by atoms with Gasteiger partial charge in [0.25, 0.3) is 5.91 Å². The number of esters is 1. The summed E-state index contributed by atoms with van der Waals surface area (Å²) in [4.78, 5) is 32.1.